The fourth-order valence-corrected chi connectivity index (χ4v) is 1.95. The lowest BCUT2D eigenvalue weighted by Crippen LogP contribution is -1.93. The lowest BCUT2D eigenvalue weighted by molar-refractivity contribution is 0.282. The van der Waals surface area contributed by atoms with Gasteiger partial charge in [-0.15, -0.1) is 0 Å². The van der Waals surface area contributed by atoms with Crippen LogP contribution in [0, 0.1) is 0 Å². The Kier molecular flexibility index (Phi) is 2.34. The number of rotatable bonds is 2. The van der Waals surface area contributed by atoms with Gasteiger partial charge in [0.05, 0.1) is 24.7 Å². The number of hydrogen-bond donors (Lipinski definition) is 1. The highest BCUT2D eigenvalue weighted by atomic mass is 16.3. The number of nitrogens with zero attached hydrogens (tertiary/aromatic N) is 3. The van der Waals surface area contributed by atoms with E-state index in [-0.39, 0.29) is 6.61 Å². The molecule has 0 spiro atoms. The average molecular weight is 225 g/mol. The second-order valence-electron chi connectivity index (χ2n) is 3.76. The Bertz CT molecular complexity index is 660. The van der Waals surface area contributed by atoms with Crippen LogP contribution >= 0.6 is 0 Å². The molecule has 4 heteroatoms. The highest BCUT2D eigenvalue weighted by Crippen LogP contribution is 2.24. The molecule has 0 aliphatic carbocycles. The number of aliphatic hydroxyl groups excluding tert-OH is 1. The predicted octanol–water partition coefficient (Wildman–Crippen LogP) is 1.89. The quantitative estimate of drug-likeness (QED) is 0.724. The molecule has 0 aliphatic heterocycles. The molecular formula is C13H11N3O. The van der Waals surface area contributed by atoms with Crippen molar-refractivity contribution in [3.63, 3.8) is 0 Å². The molecule has 1 N–H and O–H groups in total. The Balaban J connectivity index is 2.27. The van der Waals surface area contributed by atoms with Crippen LogP contribution in [0.2, 0.25) is 0 Å². The maximum Gasteiger partial charge on any atom is 0.155 e. The smallest absolute Gasteiger partial charge is 0.155 e. The minimum atomic E-state index is 0.0223. The molecule has 17 heavy (non-hydrogen) atoms. The third kappa shape index (κ3) is 1.59. The van der Waals surface area contributed by atoms with Crippen LogP contribution in [-0.2, 0) is 6.61 Å². The van der Waals surface area contributed by atoms with Crippen LogP contribution in [0.3, 0.4) is 0 Å². The maximum atomic E-state index is 9.35. The van der Waals surface area contributed by atoms with E-state index < -0.39 is 0 Å². The Hall–Kier alpha value is -2.20. The molecule has 0 atom stereocenters. The summed E-state index contributed by atoms with van der Waals surface area (Å²) in [6, 6.07) is 7.76. The lowest BCUT2D eigenvalue weighted by atomic mass is 10.1. The first-order chi connectivity index (χ1) is 8.40. The van der Waals surface area contributed by atoms with Gasteiger partial charge in [0.15, 0.2) is 5.65 Å². The first-order valence-electron chi connectivity index (χ1n) is 5.36. The summed E-state index contributed by atoms with van der Waals surface area (Å²) in [4.78, 5) is 8.32. The molecule has 0 fully saturated rings. The molecule has 0 saturated heterocycles. The second-order valence-corrected chi connectivity index (χ2v) is 3.76. The van der Waals surface area contributed by atoms with Gasteiger partial charge in [-0.2, -0.15) is 0 Å². The van der Waals surface area contributed by atoms with Gasteiger partial charge < -0.3 is 5.11 Å². The summed E-state index contributed by atoms with van der Waals surface area (Å²) >= 11 is 0. The van der Waals surface area contributed by atoms with Crippen molar-refractivity contribution in [2.45, 2.75) is 6.61 Å². The zero-order valence-corrected chi connectivity index (χ0v) is 9.11. The molecule has 2 aromatic heterocycles. The zero-order chi connectivity index (χ0) is 11.7. The highest BCUT2D eigenvalue weighted by molar-refractivity contribution is 5.66. The van der Waals surface area contributed by atoms with Gasteiger partial charge in [0.1, 0.15) is 0 Å². The van der Waals surface area contributed by atoms with Crippen molar-refractivity contribution in [2.75, 3.05) is 0 Å². The van der Waals surface area contributed by atoms with Crippen molar-refractivity contribution in [2.24, 2.45) is 0 Å². The van der Waals surface area contributed by atoms with Crippen molar-refractivity contribution in [3.8, 4) is 11.3 Å². The molecule has 3 rings (SSSR count). The van der Waals surface area contributed by atoms with Crippen LogP contribution in [0.5, 0.6) is 0 Å². The van der Waals surface area contributed by atoms with Gasteiger partial charge in [-0.1, -0.05) is 24.3 Å². The summed E-state index contributed by atoms with van der Waals surface area (Å²) in [5, 5.41) is 9.35. The Morgan fingerprint density at radius 2 is 2.06 bits per heavy atom. The summed E-state index contributed by atoms with van der Waals surface area (Å²) in [6.45, 7) is 0.0223. The standard InChI is InChI=1S/C13H11N3O/c17-9-10-3-1-2-4-11(10)12-7-15-13-8-14-5-6-16(12)13/h1-8,17H,9H2. The van der Waals surface area contributed by atoms with Gasteiger partial charge in [0.2, 0.25) is 0 Å². The summed E-state index contributed by atoms with van der Waals surface area (Å²) in [5.41, 5.74) is 3.65. The SMILES string of the molecule is OCc1ccccc1-c1cnc2cnccn12. The Morgan fingerprint density at radius 1 is 1.18 bits per heavy atom. The molecule has 3 aromatic rings. The van der Waals surface area contributed by atoms with Crippen LogP contribution in [0.4, 0.5) is 0 Å². The van der Waals surface area contributed by atoms with Crippen LogP contribution in [0.1, 0.15) is 5.56 Å². The van der Waals surface area contributed by atoms with Crippen molar-refractivity contribution < 1.29 is 5.11 Å². The van der Waals surface area contributed by atoms with E-state index in [1.807, 2.05) is 34.9 Å². The normalized spacial score (nSPS) is 10.9. The molecule has 2 heterocycles. The van der Waals surface area contributed by atoms with Crippen molar-refractivity contribution in [1.82, 2.24) is 14.4 Å². The third-order valence-electron chi connectivity index (χ3n) is 2.78. The minimum absolute atomic E-state index is 0.0223. The van der Waals surface area contributed by atoms with E-state index in [0.717, 1.165) is 22.5 Å². The number of benzene rings is 1. The Labute approximate surface area is 98.2 Å². The summed E-state index contributed by atoms with van der Waals surface area (Å²) in [6.07, 6.45) is 7.10. The van der Waals surface area contributed by atoms with Gasteiger partial charge in [0.25, 0.3) is 0 Å². The van der Waals surface area contributed by atoms with Crippen molar-refractivity contribution in [3.05, 3.63) is 54.6 Å². The van der Waals surface area contributed by atoms with Crippen molar-refractivity contribution >= 4 is 5.65 Å². The minimum Gasteiger partial charge on any atom is -0.392 e. The average Bonchev–Trinajstić information content (AvgIpc) is 2.82. The van der Waals surface area contributed by atoms with E-state index in [4.69, 9.17) is 0 Å². The topological polar surface area (TPSA) is 50.4 Å². The van der Waals surface area contributed by atoms with E-state index in [9.17, 15) is 5.11 Å². The first-order valence-corrected chi connectivity index (χ1v) is 5.36. The molecule has 0 saturated carbocycles. The lowest BCUT2D eigenvalue weighted by Gasteiger charge is -2.06. The molecule has 1 aromatic carbocycles. The van der Waals surface area contributed by atoms with E-state index in [1.165, 1.54) is 0 Å². The molecule has 84 valence electrons. The van der Waals surface area contributed by atoms with Crippen LogP contribution in [0.25, 0.3) is 16.9 Å². The van der Waals surface area contributed by atoms with Crippen LogP contribution in [0.15, 0.2) is 49.1 Å². The fourth-order valence-electron chi connectivity index (χ4n) is 1.95. The third-order valence-corrected chi connectivity index (χ3v) is 2.78. The van der Waals surface area contributed by atoms with Gasteiger partial charge >= 0.3 is 0 Å². The maximum absolute atomic E-state index is 9.35. The van der Waals surface area contributed by atoms with E-state index in [1.54, 1.807) is 18.6 Å². The van der Waals surface area contributed by atoms with E-state index >= 15 is 0 Å². The van der Waals surface area contributed by atoms with E-state index in [2.05, 4.69) is 9.97 Å². The number of aromatic nitrogens is 3. The van der Waals surface area contributed by atoms with E-state index in [0.29, 0.717) is 0 Å². The predicted molar refractivity (Wildman–Crippen MR) is 64.3 cm³/mol. The summed E-state index contributed by atoms with van der Waals surface area (Å²) in [5.74, 6) is 0. The van der Waals surface area contributed by atoms with Gasteiger partial charge in [-0.05, 0) is 5.56 Å². The number of fused-ring (bicyclic) bond motifs is 1. The monoisotopic (exact) mass is 225 g/mol. The number of hydrogen-bond acceptors (Lipinski definition) is 3. The summed E-state index contributed by atoms with van der Waals surface area (Å²) in [7, 11) is 0. The molecule has 0 amide bonds. The summed E-state index contributed by atoms with van der Waals surface area (Å²) < 4.78 is 1.96. The second kappa shape index (κ2) is 3.99. The highest BCUT2D eigenvalue weighted by Gasteiger charge is 2.08. The number of imidazole rings is 1. The molecule has 0 radical (unpaired) electrons. The van der Waals surface area contributed by atoms with Gasteiger partial charge in [-0.3, -0.25) is 9.38 Å². The van der Waals surface area contributed by atoms with Crippen LogP contribution < -0.4 is 0 Å². The van der Waals surface area contributed by atoms with Gasteiger partial charge in [-0.25, -0.2) is 4.98 Å². The Morgan fingerprint density at radius 3 is 2.94 bits per heavy atom. The zero-order valence-electron chi connectivity index (χ0n) is 9.11. The molecule has 4 nitrogen and oxygen atoms in total. The van der Waals surface area contributed by atoms with Crippen molar-refractivity contribution in [1.29, 1.82) is 0 Å². The molecule has 0 bridgehead atoms. The van der Waals surface area contributed by atoms with Gasteiger partial charge in [0, 0.05) is 18.0 Å². The van der Waals surface area contributed by atoms with Crippen LogP contribution in [-0.4, -0.2) is 19.5 Å². The molecule has 0 unspecified atom stereocenters. The molecule has 0 aliphatic rings. The number of aliphatic hydroxyl groups is 1. The first kappa shape index (κ1) is 9.99. The fraction of sp³-hybridized carbons (Fsp3) is 0.0769. The largest absolute Gasteiger partial charge is 0.392 e. The molecular weight excluding hydrogens is 214 g/mol.